The van der Waals surface area contributed by atoms with Crippen LogP contribution >= 0.6 is 22.6 Å². The number of nitrogens with one attached hydrogen (secondary N) is 1. The van der Waals surface area contributed by atoms with Crippen LogP contribution in [0.5, 0.6) is 0 Å². The summed E-state index contributed by atoms with van der Waals surface area (Å²) in [5.41, 5.74) is 2.63. The maximum absolute atomic E-state index is 4.20. The van der Waals surface area contributed by atoms with Crippen LogP contribution in [0.3, 0.4) is 0 Å². The number of nitrogens with zero attached hydrogens (tertiary/aromatic N) is 2. The molecule has 0 fully saturated rings. The van der Waals surface area contributed by atoms with Crippen molar-refractivity contribution in [3.8, 4) is 0 Å². The first-order valence-electron chi connectivity index (χ1n) is 6.10. The van der Waals surface area contributed by atoms with Gasteiger partial charge in [-0.15, -0.1) is 0 Å². The van der Waals surface area contributed by atoms with E-state index in [1.165, 1.54) is 14.8 Å². The van der Waals surface area contributed by atoms with Crippen LogP contribution in [0.15, 0.2) is 36.5 Å². The summed E-state index contributed by atoms with van der Waals surface area (Å²) in [5, 5.41) is 7.60. The highest BCUT2D eigenvalue weighted by molar-refractivity contribution is 14.1. The molecular formula is C14H18IN3. The zero-order valence-electron chi connectivity index (χ0n) is 10.7. The molecule has 0 saturated heterocycles. The first kappa shape index (κ1) is 13.5. The van der Waals surface area contributed by atoms with E-state index in [0.717, 1.165) is 12.8 Å². The Morgan fingerprint density at radius 1 is 1.39 bits per heavy atom. The Morgan fingerprint density at radius 3 is 2.83 bits per heavy atom. The molecule has 1 N–H and O–H groups in total. The van der Waals surface area contributed by atoms with E-state index in [9.17, 15) is 0 Å². The Labute approximate surface area is 122 Å². The van der Waals surface area contributed by atoms with Crippen LogP contribution in [0, 0.1) is 3.57 Å². The van der Waals surface area contributed by atoms with Crippen LogP contribution in [0.25, 0.3) is 0 Å². The van der Waals surface area contributed by atoms with E-state index in [-0.39, 0.29) is 0 Å². The zero-order chi connectivity index (χ0) is 13.0. The number of rotatable bonds is 5. The molecule has 2 aromatic rings. The molecule has 1 unspecified atom stereocenters. The van der Waals surface area contributed by atoms with Gasteiger partial charge in [-0.3, -0.25) is 4.68 Å². The number of aromatic nitrogens is 2. The van der Waals surface area contributed by atoms with Crippen molar-refractivity contribution in [2.75, 3.05) is 7.05 Å². The van der Waals surface area contributed by atoms with E-state index in [4.69, 9.17) is 0 Å². The first-order chi connectivity index (χ1) is 8.70. The van der Waals surface area contributed by atoms with E-state index in [1.54, 1.807) is 0 Å². The van der Waals surface area contributed by atoms with E-state index >= 15 is 0 Å². The molecule has 1 atom stereocenters. The molecule has 0 aliphatic heterocycles. The van der Waals surface area contributed by atoms with E-state index < -0.39 is 0 Å². The predicted octanol–water partition coefficient (Wildman–Crippen LogP) is 2.92. The Balaban J connectivity index is 2.04. The average Bonchev–Trinajstić information content (AvgIpc) is 2.76. The molecule has 3 nitrogen and oxygen atoms in total. The molecule has 0 aliphatic carbocycles. The molecule has 0 amide bonds. The molecule has 1 aromatic carbocycles. The molecule has 0 saturated carbocycles. The van der Waals surface area contributed by atoms with Gasteiger partial charge in [0.25, 0.3) is 0 Å². The van der Waals surface area contributed by atoms with E-state index in [1.807, 2.05) is 25.0 Å². The molecule has 2 rings (SSSR count). The Kier molecular flexibility index (Phi) is 4.77. The lowest BCUT2D eigenvalue weighted by molar-refractivity contribution is 0.535. The standard InChI is InChI=1S/C14H18IN3/c1-16-14(11-4-3-5-12(15)10-11)7-6-13-8-9-17-18(13)2/h3-5,8-10,14,16H,6-7H2,1-2H3. The second-order valence-electron chi connectivity index (χ2n) is 4.38. The molecule has 4 heteroatoms. The van der Waals surface area contributed by atoms with Gasteiger partial charge in [0.1, 0.15) is 0 Å². The third-order valence-electron chi connectivity index (χ3n) is 3.21. The molecule has 18 heavy (non-hydrogen) atoms. The number of hydrogen-bond acceptors (Lipinski definition) is 2. The van der Waals surface area contributed by atoms with Crippen LogP contribution in [0.1, 0.15) is 23.7 Å². The van der Waals surface area contributed by atoms with Crippen molar-refractivity contribution in [3.05, 3.63) is 51.4 Å². The molecule has 0 bridgehead atoms. The molecular weight excluding hydrogens is 337 g/mol. The van der Waals surface area contributed by atoms with Crippen molar-refractivity contribution in [1.82, 2.24) is 15.1 Å². The van der Waals surface area contributed by atoms with Gasteiger partial charge >= 0.3 is 0 Å². The molecule has 0 spiro atoms. The third kappa shape index (κ3) is 3.32. The third-order valence-corrected chi connectivity index (χ3v) is 3.88. The van der Waals surface area contributed by atoms with Gasteiger partial charge in [-0.25, -0.2) is 0 Å². The predicted molar refractivity (Wildman–Crippen MR) is 82.5 cm³/mol. The number of aryl methyl sites for hydroxylation is 2. The second-order valence-corrected chi connectivity index (χ2v) is 5.63. The van der Waals surface area contributed by atoms with Crippen molar-refractivity contribution < 1.29 is 0 Å². The van der Waals surface area contributed by atoms with Gasteiger partial charge in [0.05, 0.1) is 0 Å². The number of halogens is 1. The number of hydrogen-bond donors (Lipinski definition) is 1. The van der Waals surface area contributed by atoms with Gasteiger partial charge in [-0.05, 0) is 66.2 Å². The maximum Gasteiger partial charge on any atom is 0.0492 e. The minimum absolute atomic E-state index is 0.398. The van der Waals surface area contributed by atoms with Gasteiger partial charge in [0.2, 0.25) is 0 Å². The highest BCUT2D eigenvalue weighted by Crippen LogP contribution is 2.20. The summed E-state index contributed by atoms with van der Waals surface area (Å²) in [6.45, 7) is 0. The lowest BCUT2D eigenvalue weighted by Gasteiger charge is -2.17. The molecule has 0 aliphatic rings. The van der Waals surface area contributed by atoms with Crippen molar-refractivity contribution in [1.29, 1.82) is 0 Å². The summed E-state index contributed by atoms with van der Waals surface area (Å²) in [6.07, 6.45) is 3.97. The van der Waals surface area contributed by atoms with Crippen LogP contribution < -0.4 is 5.32 Å². The first-order valence-corrected chi connectivity index (χ1v) is 7.18. The summed E-state index contributed by atoms with van der Waals surface area (Å²) in [7, 11) is 4.02. The average molecular weight is 355 g/mol. The van der Waals surface area contributed by atoms with E-state index in [0.29, 0.717) is 6.04 Å². The van der Waals surface area contributed by atoms with Gasteiger partial charge in [-0.1, -0.05) is 12.1 Å². The van der Waals surface area contributed by atoms with Gasteiger partial charge in [-0.2, -0.15) is 5.10 Å². The Morgan fingerprint density at radius 2 is 2.22 bits per heavy atom. The largest absolute Gasteiger partial charge is 0.313 e. The molecule has 1 aromatic heterocycles. The molecule has 96 valence electrons. The van der Waals surface area contributed by atoms with Crippen molar-refractivity contribution in [2.45, 2.75) is 18.9 Å². The molecule has 0 radical (unpaired) electrons. The van der Waals surface area contributed by atoms with Crippen LogP contribution in [0.2, 0.25) is 0 Å². The highest BCUT2D eigenvalue weighted by Gasteiger charge is 2.10. The van der Waals surface area contributed by atoms with Crippen molar-refractivity contribution in [3.63, 3.8) is 0 Å². The summed E-state index contributed by atoms with van der Waals surface area (Å²) in [6, 6.07) is 11.2. The van der Waals surface area contributed by atoms with Crippen LogP contribution in [-0.2, 0) is 13.5 Å². The van der Waals surface area contributed by atoms with Crippen LogP contribution in [0.4, 0.5) is 0 Å². The quantitative estimate of drug-likeness (QED) is 0.836. The fourth-order valence-corrected chi connectivity index (χ4v) is 2.71. The fourth-order valence-electron chi connectivity index (χ4n) is 2.14. The highest BCUT2D eigenvalue weighted by atomic mass is 127. The SMILES string of the molecule is CNC(CCc1ccnn1C)c1cccc(I)c1. The monoisotopic (exact) mass is 355 g/mol. The van der Waals surface area contributed by atoms with Crippen molar-refractivity contribution in [2.24, 2.45) is 7.05 Å². The van der Waals surface area contributed by atoms with Gasteiger partial charge in [0.15, 0.2) is 0 Å². The summed E-state index contributed by atoms with van der Waals surface area (Å²) < 4.78 is 3.23. The minimum Gasteiger partial charge on any atom is -0.313 e. The summed E-state index contributed by atoms with van der Waals surface area (Å²) in [5.74, 6) is 0. The Hall–Kier alpha value is -0.880. The topological polar surface area (TPSA) is 29.9 Å². The summed E-state index contributed by atoms with van der Waals surface area (Å²) >= 11 is 2.36. The van der Waals surface area contributed by atoms with Gasteiger partial charge < -0.3 is 5.32 Å². The number of benzene rings is 1. The van der Waals surface area contributed by atoms with Crippen molar-refractivity contribution >= 4 is 22.6 Å². The molecule has 1 heterocycles. The second kappa shape index (κ2) is 6.33. The smallest absolute Gasteiger partial charge is 0.0492 e. The maximum atomic E-state index is 4.20. The van der Waals surface area contributed by atoms with Gasteiger partial charge in [0, 0.05) is 28.6 Å². The summed E-state index contributed by atoms with van der Waals surface area (Å²) in [4.78, 5) is 0. The van der Waals surface area contributed by atoms with Crippen LogP contribution in [-0.4, -0.2) is 16.8 Å². The lowest BCUT2D eigenvalue weighted by Crippen LogP contribution is -2.17. The lowest BCUT2D eigenvalue weighted by atomic mass is 10.0. The Bertz CT molecular complexity index is 507. The zero-order valence-corrected chi connectivity index (χ0v) is 12.9. The fraction of sp³-hybridized carbons (Fsp3) is 0.357. The van der Waals surface area contributed by atoms with E-state index in [2.05, 4.69) is 63.3 Å². The minimum atomic E-state index is 0.398. The normalized spacial score (nSPS) is 12.6.